The Hall–Kier alpha value is -1.88. The van der Waals surface area contributed by atoms with Crippen LogP contribution in [0.15, 0.2) is 30.3 Å². The van der Waals surface area contributed by atoms with Gasteiger partial charge in [0.2, 0.25) is 5.91 Å². The van der Waals surface area contributed by atoms with E-state index < -0.39 is 0 Å². The summed E-state index contributed by atoms with van der Waals surface area (Å²) in [4.78, 5) is 29.5. The van der Waals surface area contributed by atoms with E-state index in [0.717, 1.165) is 18.4 Å². The first-order valence-corrected chi connectivity index (χ1v) is 10.0. The predicted octanol–water partition coefficient (Wildman–Crippen LogP) is 1.48. The Morgan fingerprint density at radius 2 is 1.81 bits per heavy atom. The molecule has 0 spiro atoms. The first-order valence-electron chi connectivity index (χ1n) is 10.0. The maximum absolute atomic E-state index is 12.8. The zero-order chi connectivity index (χ0) is 18.5. The summed E-state index contributed by atoms with van der Waals surface area (Å²) in [6.07, 6.45) is 6.33. The number of benzene rings is 1. The van der Waals surface area contributed by atoms with Crippen molar-refractivity contribution in [3.63, 3.8) is 0 Å². The normalized spacial score (nSPS) is 22.9. The summed E-state index contributed by atoms with van der Waals surface area (Å²) in [5.74, 6) is 0.609. The summed E-state index contributed by atoms with van der Waals surface area (Å²) in [6, 6.07) is 9.85. The van der Waals surface area contributed by atoms with Crippen LogP contribution in [0.5, 0.6) is 0 Å². The number of amides is 2. The highest BCUT2D eigenvalue weighted by molar-refractivity contribution is 5.82. The molecule has 1 heterocycles. The van der Waals surface area contributed by atoms with E-state index >= 15 is 0 Å². The molecule has 26 heavy (non-hydrogen) atoms. The molecule has 1 saturated heterocycles. The number of nitrogens with zero attached hydrogens (tertiary/aromatic N) is 2. The van der Waals surface area contributed by atoms with Crippen molar-refractivity contribution in [2.45, 2.75) is 57.5 Å². The largest absolute Gasteiger partial charge is 0.347 e. The molecule has 5 nitrogen and oxygen atoms in total. The molecule has 0 unspecified atom stereocenters. The standard InChI is InChI=1S/C21H31N3O2/c1-16-15-23(21(26)19(22)14-17-8-4-2-5-9-17)12-13-24(16)20(25)18-10-6-3-7-11-18/h2,4-5,8-9,16,18-19H,3,6-7,10-15,22H2,1H3/p+1/t16-,19-/m1/s1. The van der Waals surface area contributed by atoms with Gasteiger partial charge in [-0.05, 0) is 25.3 Å². The van der Waals surface area contributed by atoms with Gasteiger partial charge in [0.1, 0.15) is 0 Å². The van der Waals surface area contributed by atoms with E-state index in [2.05, 4.69) is 12.7 Å². The molecule has 0 bridgehead atoms. The predicted molar refractivity (Wildman–Crippen MR) is 101 cm³/mol. The summed E-state index contributed by atoms with van der Waals surface area (Å²) >= 11 is 0. The van der Waals surface area contributed by atoms with Crippen LogP contribution in [-0.4, -0.2) is 53.3 Å². The highest BCUT2D eigenvalue weighted by atomic mass is 16.2. The maximum Gasteiger partial charge on any atom is 0.281 e. The van der Waals surface area contributed by atoms with Gasteiger partial charge in [-0.2, -0.15) is 0 Å². The Kier molecular flexibility index (Phi) is 6.30. The molecule has 1 aliphatic carbocycles. The Morgan fingerprint density at radius 1 is 1.12 bits per heavy atom. The number of carbonyl (C=O) groups excluding carboxylic acids is 2. The minimum absolute atomic E-state index is 0.0889. The van der Waals surface area contributed by atoms with Crippen LogP contribution in [0.25, 0.3) is 0 Å². The van der Waals surface area contributed by atoms with Gasteiger partial charge in [-0.15, -0.1) is 0 Å². The van der Waals surface area contributed by atoms with Gasteiger partial charge in [0.25, 0.3) is 5.91 Å². The van der Waals surface area contributed by atoms with Gasteiger partial charge >= 0.3 is 0 Å². The summed E-state index contributed by atoms with van der Waals surface area (Å²) in [7, 11) is 0. The molecule has 3 N–H and O–H groups in total. The number of hydrogen-bond acceptors (Lipinski definition) is 2. The van der Waals surface area contributed by atoms with Gasteiger partial charge in [0.05, 0.1) is 0 Å². The highest BCUT2D eigenvalue weighted by Crippen LogP contribution is 2.27. The lowest BCUT2D eigenvalue weighted by molar-refractivity contribution is -0.405. The smallest absolute Gasteiger partial charge is 0.281 e. The Labute approximate surface area is 156 Å². The SMILES string of the molecule is C[C@@H]1CN(C(=O)[C@H]([NH3+])Cc2ccccc2)CCN1C(=O)C1CCCCC1. The molecule has 3 rings (SSSR count). The van der Waals surface area contributed by atoms with Gasteiger partial charge in [0.15, 0.2) is 6.04 Å². The van der Waals surface area contributed by atoms with Crippen molar-refractivity contribution >= 4 is 11.8 Å². The lowest BCUT2D eigenvalue weighted by Gasteiger charge is -2.42. The van der Waals surface area contributed by atoms with Crippen LogP contribution in [0.1, 0.15) is 44.6 Å². The van der Waals surface area contributed by atoms with Crippen molar-refractivity contribution in [2.24, 2.45) is 5.92 Å². The molecule has 1 aromatic rings. The van der Waals surface area contributed by atoms with Crippen LogP contribution in [-0.2, 0) is 16.0 Å². The summed E-state index contributed by atoms with van der Waals surface area (Å²) in [5, 5.41) is 0. The summed E-state index contributed by atoms with van der Waals surface area (Å²) in [6.45, 7) is 3.97. The van der Waals surface area contributed by atoms with Crippen molar-refractivity contribution in [3.8, 4) is 0 Å². The zero-order valence-electron chi connectivity index (χ0n) is 15.9. The van der Waals surface area contributed by atoms with Gasteiger partial charge in [-0.25, -0.2) is 0 Å². The molecule has 1 aliphatic heterocycles. The van der Waals surface area contributed by atoms with Crippen LogP contribution in [0.4, 0.5) is 0 Å². The number of piperazine rings is 1. The molecular weight excluding hydrogens is 326 g/mol. The van der Waals surface area contributed by atoms with E-state index in [1.165, 1.54) is 19.3 Å². The van der Waals surface area contributed by atoms with E-state index in [4.69, 9.17) is 0 Å². The maximum atomic E-state index is 12.8. The minimum atomic E-state index is -0.273. The van der Waals surface area contributed by atoms with E-state index in [0.29, 0.717) is 32.0 Å². The lowest BCUT2D eigenvalue weighted by Crippen LogP contribution is -2.70. The van der Waals surface area contributed by atoms with Crippen molar-refractivity contribution in [1.82, 2.24) is 9.80 Å². The molecule has 142 valence electrons. The zero-order valence-corrected chi connectivity index (χ0v) is 15.9. The quantitative estimate of drug-likeness (QED) is 0.886. The third kappa shape index (κ3) is 4.44. The van der Waals surface area contributed by atoms with E-state index in [9.17, 15) is 9.59 Å². The molecule has 2 amide bonds. The number of hydrogen-bond donors (Lipinski definition) is 1. The Balaban J connectivity index is 1.54. The van der Waals surface area contributed by atoms with Crippen LogP contribution < -0.4 is 5.73 Å². The lowest BCUT2D eigenvalue weighted by atomic mass is 9.87. The number of carbonyl (C=O) groups is 2. The second-order valence-electron chi connectivity index (χ2n) is 7.89. The number of rotatable bonds is 4. The fourth-order valence-corrected chi connectivity index (χ4v) is 4.31. The minimum Gasteiger partial charge on any atom is -0.347 e. The van der Waals surface area contributed by atoms with Crippen molar-refractivity contribution in [2.75, 3.05) is 19.6 Å². The number of quaternary nitrogens is 1. The molecule has 2 atom stereocenters. The van der Waals surface area contributed by atoms with Gasteiger partial charge in [0, 0.05) is 38.0 Å². The average Bonchev–Trinajstić information content (AvgIpc) is 2.68. The van der Waals surface area contributed by atoms with Gasteiger partial charge in [-0.1, -0.05) is 49.6 Å². The molecule has 5 heteroatoms. The first-order chi connectivity index (χ1) is 12.6. The Bertz CT molecular complexity index is 613. The second kappa shape index (κ2) is 8.67. The third-order valence-corrected chi connectivity index (χ3v) is 5.85. The molecule has 2 fully saturated rings. The van der Waals surface area contributed by atoms with Crippen LogP contribution in [0, 0.1) is 5.92 Å². The molecule has 0 radical (unpaired) electrons. The molecule has 2 aliphatic rings. The van der Waals surface area contributed by atoms with Crippen LogP contribution in [0.2, 0.25) is 0 Å². The fourth-order valence-electron chi connectivity index (χ4n) is 4.31. The van der Waals surface area contributed by atoms with Crippen molar-refractivity contribution in [1.29, 1.82) is 0 Å². The van der Waals surface area contributed by atoms with Gasteiger partial charge < -0.3 is 15.5 Å². The van der Waals surface area contributed by atoms with Crippen LogP contribution >= 0.6 is 0 Å². The second-order valence-corrected chi connectivity index (χ2v) is 7.89. The monoisotopic (exact) mass is 358 g/mol. The topological polar surface area (TPSA) is 68.3 Å². The summed E-state index contributed by atoms with van der Waals surface area (Å²) < 4.78 is 0. The van der Waals surface area contributed by atoms with Crippen LogP contribution in [0.3, 0.4) is 0 Å². The molecular formula is C21H32N3O2+. The molecule has 0 aromatic heterocycles. The molecule has 1 aromatic carbocycles. The van der Waals surface area contributed by atoms with E-state index in [1.54, 1.807) is 0 Å². The average molecular weight is 359 g/mol. The van der Waals surface area contributed by atoms with Crippen molar-refractivity contribution in [3.05, 3.63) is 35.9 Å². The highest BCUT2D eigenvalue weighted by Gasteiger charge is 2.35. The third-order valence-electron chi connectivity index (χ3n) is 5.85. The van der Waals surface area contributed by atoms with E-state index in [1.807, 2.05) is 40.1 Å². The molecule has 1 saturated carbocycles. The fraction of sp³-hybridized carbons (Fsp3) is 0.619. The first kappa shape index (κ1) is 18.9. The van der Waals surface area contributed by atoms with Crippen molar-refractivity contribution < 1.29 is 15.3 Å². The van der Waals surface area contributed by atoms with E-state index in [-0.39, 0.29) is 23.9 Å². The van der Waals surface area contributed by atoms with Gasteiger partial charge in [-0.3, -0.25) is 9.59 Å². The summed E-state index contributed by atoms with van der Waals surface area (Å²) in [5.41, 5.74) is 5.23. The Morgan fingerprint density at radius 3 is 2.46 bits per heavy atom.